The molecule has 0 saturated heterocycles. The molecule has 0 aliphatic rings. The van der Waals surface area contributed by atoms with Crippen LogP contribution in [0, 0.1) is 0 Å². The molecule has 138 valence electrons. The number of allylic oxidation sites excluding steroid dienone is 4. The van der Waals surface area contributed by atoms with E-state index in [0.717, 1.165) is 30.3 Å². The summed E-state index contributed by atoms with van der Waals surface area (Å²) in [6.07, 6.45) is 14.2. The van der Waals surface area contributed by atoms with Crippen LogP contribution in [0.25, 0.3) is 17.3 Å². The smallest absolute Gasteiger partial charge is 0.150 e. The van der Waals surface area contributed by atoms with Crippen LogP contribution >= 0.6 is 0 Å². The molecule has 0 fully saturated rings. The van der Waals surface area contributed by atoms with Crippen LogP contribution in [0.5, 0.6) is 0 Å². The van der Waals surface area contributed by atoms with E-state index in [0.29, 0.717) is 5.56 Å². The van der Waals surface area contributed by atoms with Crippen LogP contribution in [0.3, 0.4) is 0 Å². The minimum Gasteiger partial charge on any atom is -0.491 e. The van der Waals surface area contributed by atoms with Crippen LogP contribution in [0.2, 0.25) is 0 Å². The fourth-order valence-electron chi connectivity index (χ4n) is 2.12. The van der Waals surface area contributed by atoms with Crippen molar-refractivity contribution in [2.45, 2.75) is 26.9 Å². The number of ether oxygens (including phenoxy) is 1. The lowest BCUT2D eigenvalue weighted by Gasteiger charge is -2.09. The van der Waals surface area contributed by atoms with Crippen molar-refractivity contribution in [2.24, 2.45) is 0 Å². The molecule has 0 unspecified atom stereocenters. The highest BCUT2D eigenvalue weighted by molar-refractivity contribution is 5.76. The molecule has 26 heavy (non-hydrogen) atoms. The van der Waals surface area contributed by atoms with Gasteiger partial charge in [-0.2, -0.15) is 5.10 Å². The summed E-state index contributed by atoms with van der Waals surface area (Å²) < 4.78 is 7.43. The first-order valence-corrected chi connectivity index (χ1v) is 8.34. The number of nitrogens with zero attached hydrogens (tertiary/aromatic N) is 2. The third-order valence-corrected chi connectivity index (χ3v) is 3.18. The number of aliphatic hydroxyl groups is 1. The van der Waals surface area contributed by atoms with E-state index in [1.54, 1.807) is 23.0 Å². The monoisotopic (exact) mass is 354 g/mol. The maximum Gasteiger partial charge on any atom is 0.150 e. The van der Waals surface area contributed by atoms with Gasteiger partial charge in [-0.15, -0.1) is 0 Å². The van der Waals surface area contributed by atoms with E-state index in [1.807, 2.05) is 69.6 Å². The fraction of sp³-hybridized carbons (Fsp3) is 0.238. The van der Waals surface area contributed by atoms with Gasteiger partial charge in [-0.3, -0.25) is 4.79 Å². The van der Waals surface area contributed by atoms with Crippen molar-refractivity contribution in [3.63, 3.8) is 0 Å². The molecular weight excluding hydrogens is 328 g/mol. The lowest BCUT2D eigenvalue weighted by atomic mass is 10.1. The number of aromatic nitrogens is 2. The predicted octanol–water partition coefficient (Wildman–Crippen LogP) is 4.33. The zero-order valence-electron chi connectivity index (χ0n) is 15.7. The standard InChI is InChI=1S/C20H22N2O2.CH4O/c1-4-6-20(24-16(2)3)7-5-12-22-14-19(13-21-22)18-10-8-17(15-23)9-11-18;1-2/h4-16H,1-3H3;2H,1H3/b6-4-,12-5+,20-7+;. The highest BCUT2D eigenvalue weighted by Crippen LogP contribution is 2.18. The average molecular weight is 354 g/mol. The number of carbonyl (C=O) groups is 1. The lowest BCUT2D eigenvalue weighted by Crippen LogP contribution is -2.00. The fourth-order valence-corrected chi connectivity index (χ4v) is 2.12. The summed E-state index contributed by atoms with van der Waals surface area (Å²) in [7, 11) is 1.00. The summed E-state index contributed by atoms with van der Waals surface area (Å²) in [5, 5.41) is 11.3. The van der Waals surface area contributed by atoms with Gasteiger partial charge >= 0.3 is 0 Å². The van der Waals surface area contributed by atoms with E-state index < -0.39 is 0 Å². The van der Waals surface area contributed by atoms with E-state index in [-0.39, 0.29) is 6.10 Å². The lowest BCUT2D eigenvalue weighted by molar-refractivity contribution is 0.112. The molecule has 0 bridgehead atoms. The highest BCUT2D eigenvalue weighted by Gasteiger charge is 2.01. The Hall–Kier alpha value is -2.92. The summed E-state index contributed by atoms with van der Waals surface area (Å²) in [6.45, 7) is 5.95. The number of aldehydes is 1. The highest BCUT2D eigenvalue weighted by atomic mass is 16.5. The Balaban J connectivity index is 0.00000163. The predicted molar refractivity (Wildman–Crippen MR) is 106 cm³/mol. The Labute approximate surface area is 154 Å². The molecule has 0 amide bonds. The van der Waals surface area contributed by atoms with Gasteiger partial charge in [0.25, 0.3) is 0 Å². The van der Waals surface area contributed by atoms with Crippen molar-refractivity contribution < 1.29 is 14.6 Å². The molecule has 0 spiro atoms. The van der Waals surface area contributed by atoms with E-state index >= 15 is 0 Å². The largest absolute Gasteiger partial charge is 0.491 e. The number of hydrogen-bond donors (Lipinski definition) is 1. The van der Waals surface area contributed by atoms with Crippen LogP contribution in [-0.2, 0) is 4.74 Å². The van der Waals surface area contributed by atoms with Crippen molar-refractivity contribution in [3.8, 4) is 11.1 Å². The first-order chi connectivity index (χ1) is 12.6. The Morgan fingerprint density at radius 2 is 1.88 bits per heavy atom. The van der Waals surface area contributed by atoms with Gasteiger partial charge < -0.3 is 9.84 Å². The molecule has 1 N–H and O–H groups in total. The second-order valence-electron chi connectivity index (χ2n) is 5.53. The molecule has 0 aliphatic carbocycles. The topological polar surface area (TPSA) is 64.4 Å². The molecule has 0 aliphatic heterocycles. The summed E-state index contributed by atoms with van der Waals surface area (Å²) in [6, 6.07) is 7.42. The minimum atomic E-state index is 0.131. The van der Waals surface area contributed by atoms with Crippen LogP contribution in [0.15, 0.2) is 66.7 Å². The summed E-state index contributed by atoms with van der Waals surface area (Å²) >= 11 is 0. The molecule has 2 rings (SSSR count). The molecule has 5 heteroatoms. The molecule has 0 radical (unpaired) electrons. The second-order valence-corrected chi connectivity index (χ2v) is 5.53. The third-order valence-electron chi connectivity index (χ3n) is 3.18. The minimum absolute atomic E-state index is 0.131. The summed E-state index contributed by atoms with van der Waals surface area (Å²) in [5.41, 5.74) is 2.68. The van der Waals surface area contributed by atoms with Crippen molar-refractivity contribution in [1.29, 1.82) is 0 Å². The number of benzene rings is 1. The van der Waals surface area contributed by atoms with E-state index in [9.17, 15) is 4.79 Å². The van der Waals surface area contributed by atoms with Crippen LogP contribution in [0.1, 0.15) is 31.1 Å². The van der Waals surface area contributed by atoms with Gasteiger partial charge in [0.15, 0.2) is 0 Å². The average Bonchev–Trinajstić information content (AvgIpc) is 3.12. The maximum absolute atomic E-state index is 10.7. The first kappa shape index (κ1) is 21.1. The van der Waals surface area contributed by atoms with Gasteiger partial charge in [-0.05, 0) is 44.6 Å². The van der Waals surface area contributed by atoms with Crippen LogP contribution in [0.4, 0.5) is 0 Å². The molecule has 2 aromatic rings. The Morgan fingerprint density at radius 1 is 1.19 bits per heavy atom. The van der Waals surface area contributed by atoms with Crippen LogP contribution in [-0.4, -0.2) is 34.4 Å². The Bertz CT molecular complexity index is 754. The SMILES string of the molecule is CO.C\C=C/C(=C\C=C\n1cc(-c2ccc(C=O)cc2)cn1)OC(C)C. The normalized spacial score (nSPS) is 11.7. The molecule has 1 aromatic carbocycles. The molecule has 5 nitrogen and oxygen atoms in total. The maximum atomic E-state index is 10.7. The number of rotatable bonds is 7. The van der Waals surface area contributed by atoms with Gasteiger partial charge in [0, 0.05) is 30.6 Å². The first-order valence-electron chi connectivity index (χ1n) is 8.34. The van der Waals surface area contributed by atoms with Crippen LogP contribution < -0.4 is 0 Å². The van der Waals surface area contributed by atoms with Crippen molar-refractivity contribution in [2.75, 3.05) is 7.11 Å². The molecular formula is C21H26N2O3. The quantitative estimate of drug-likeness (QED) is 0.457. The van der Waals surface area contributed by atoms with Gasteiger partial charge in [-0.1, -0.05) is 30.3 Å². The molecule has 1 heterocycles. The third kappa shape index (κ3) is 6.91. The van der Waals surface area contributed by atoms with E-state index in [2.05, 4.69) is 5.10 Å². The molecule has 1 aromatic heterocycles. The van der Waals surface area contributed by atoms with Gasteiger partial charge in [0.2, 0.25) is 0 Å². The van der Waals surface area contributed by atoms with Gasteiger partial charge in [-0.25, -0.2) is 4.68 Å². The number of aliphatic hydroxyl groups excluding tert-OH is 1. The van der Waals surface area contributed by atoms with Crippen molar-refractivity contribution in [3.05, 3.63) is 72.3 Å². The van der Waals surface area contributed by atoms with Crippen molar-refractivity contribution in [1.82, 2.24) is 9.78 Å². The summed E-state index contributed by atoms with van der Waals surface area (Å²) in [4.78, 5) is 10.7. The van der Waals surface area contributed by atoms with E-state index in [4.69, 9.17) is 9.84 Å². The summed E-state index contributed by atoms with van der Waals surface area (Å²) in [5.74, 6) is 0.806. The number of carbonyl (C=O) groups excluding carboxylic acids is 1. The zero-order chi connectivity index (χ0) is 19.4. The molecule has 0 atom stereocenters. The molecule has 0 saturated carbocycles. The Kier molecular flexibility index (Phi) is 9.43. The van der Waals surface area contributed by atoms with Gasteiger partial charge in [0.1, 0.15) is 12.0 Å². The van der Waals surface area contributed by atoms with Gasteiger partial charge in [0.05, 0.1) is 12.3 Å². The van der Waals surface area contributed by atoms with E-state index in [1.165, 1.54) is 0 Å². The number of hydrogen-bond acceptors (Lipinski definition) is 4. The Morgan fingerprint density at radius 3 is 2.46 bits per heavy atom. The zero-order valence-corrected chi connectivity index (χ0v) is 15.7. The van der Waals surface area contributed by atoms with Crippen molar-refractivity contribution >= 4 is 12.5 Å². The second kappa shape index (κ2) is 11.6.